The molecule has 2 heteroatoms. The van der Waals surface area contributed by atoms with E-state index in [0.29, 0.717) is 5.71 Å². The van der Waals surface area contributed by atoms with Gasteiger partial charge < -0.3 is 9.98 Å². The Morgan fingerprint density at radius 3 is 3.20 bits per heavy atom. The minimum Gasteiger partial charge on any atom is -0.322 e. The fourth-order valence-electron chi connectivity index (χ4n) is 1.17. The molecule has 0 amide bonds. The van der Waals surface area contributed by atoms with Crippen LogP contribution in [-0.4, -0.2) is 10.3 Å². The third kappa shape index (κ3) is 0.620. The zero-order chi connectivity index (χ0) is 6.97. The topological polar surface area (TPSA) is 28.8 Å². The molecule has 0 atom stereocenters. The van der Waals surface area contributed by atoms with Crippen LogP contribution in [0.1, 0.15) is 12.1 Å². The van der Waals surface area contributed by atoms with E-state index in [-0.39, 0.29) is 0 Å². The van der Waals surface area contributed by atoms with Crippen LogP contribution in [0.4, 0.5) is 0 Å². The second-order valence-corrected chi connectivity index (χ2v) is 2.37. The van der Waals surface area contributed by atoms with Crippen LogP contribution in [0, 0.1) is 5.41 Å². The Kier molecular flexibility index (Phi) is 1.01. The quantitative estimate of drug-likeness (QED) is 0.557. The Balaban J connectivity index is 2.62. The Morgan fingerprint density at radius 1 is 1.50 bits per heavy atom. The Morgan fingerprint density at radius 2 is 2.40 bits per heavy atom. The highest BCUT2D eigenvalue weighted by Gasteiger charge is 2.06. The van der Waals surface area contributed by atoms with Crippen molar-refractivity contribution in [3.8, 4) is 0 Å². The molecule has 0 aliphatic carbocycles. The molecule has 0 bridgehead atoms. The largest absolute Gasteiger partial charge is 0.322 e. The molecule has 0 saturated heterocycles. The molecule has 50 valence electrons. The van der Waals surface area contributed by atoms with Gasteiger partial charge in [0.1, 0.15) is 0 Å². The highest BCUT2D eigenvalue weighted by atomic mass is 15.0. The number of hydrogen-bond donors (Lipinski definition) is 1. The maximum Gasteiger partial charge on any atom is 0.0662 e. The number of nitrogens with zero attached hydrogens (tertiary/aromatic N) is 1. The van der Waals surface area contributed by atoms with E-state index in [1.807, 2.05) is 35.2 Å². The molecule has 1 aromatic rings. The van der Waals surface area contributed by atoms with E-state index in [4.69, 9.17) is 5.41 Å². The standard InChI is InChI=1S/C8H8N2/c9-7-3-1-5-10-6-2-4-8(7)10/h1-2,4-6,9H,3H2. The molecule has 2 rings (SSSR count). The smallest absolute Gasteiger partial charge is 0.0662 e. The third-order valence-electron chi connectivity index (χ3n) is 1.68. The summed E-state index contributed by atoms with van der Waals surface area (Å²) in [6.45, 7) is 0. The molecule has 0 aromatic carbocycles. The SMILES string of the molecule is N=C1CC=Cn2cccc21. The Hall–Kier alpha value is -1.31. The summed E-state index contributed by atoms with van der Waals surface area (Å²) >= 11 is 0. The van der Waals surface area contributed by atoms with Crippen LogP contribution in [0.5, 0.6) is 0 Å². The van der Waals surface area contributed by atoms with Crippen LogP contribution in [0.15, 0.2) is 24.4 Å². The molecule has 2 heterocycles. The average molecular weight is 132 g/mol. The molecular weight excluding hydrogens is 124 g/mol. The molecule has 0 unspecified atom stereocenters. The van der Waals surface area contributed by atoms with Gasteiger partial charge in [0.15, 0.2) is 0 Å². The van der Waals surface area contributed by atoms with E-state index < -0.39 is 0 Å². The molecule has 0 saturated carbocycles. The summed E-state index contributed by atoms with van der Waals surface area (Å²) < 4.78 is 1.96. The Bertz CT molecular complexity index is 294. The van der Waals surface area contributed by atoms with Gasteiger partial charge in [0.25, 0.3) is 0 Å². The summed E-state index contributed by atoms with van der Waals surface area (Å²) in [5, 5.41) is 7.52. The lowest BCUT2D eigenvalue weighted by Gasteiger charge is -2.08. The first-order valence-electron chi connectivity index (χ1n) is 3.29. The second kappa shape index (κ2) is 1.84. The van der Waals surface area contributed by atoms with Crippen molar-refractivity contribution in [3.63, 3.8) is 0 Å². The number of hydrogen-bond acceptors (Lipinski definition) is 1. The number of aromatic nitrogens is 1. The molecule has 0 fully saturated rings. The minimum absolute atomic E-state index is 0.701. The first-order chi connectivity index (χ1) is 4.88. The molecular formula is C8H8N2. The van der Waals surface area contributed by atoms with E-state index >= 15 is 0 Å². The number of rotatable bonds is 0. The maximum absolute atomic E-state index is 7.52. The molecule has 1 aliphatic rings. The van der Waals surface area contributed by atoms with Crippen molar-refractivity contribution < 1.29 is 0 Å². The summed E-state index contributed by atoms with van der Waals surface area (Å²) in [5.74, 6) is 0. The van der Waals surface area contributed by atoms with Crippen molar-refractivity contribution >= 4 is 11.9 Å². The van der Waals surface area contributed by atoms with Gasteiger partial charge in [0.2, 0.25) is 0 Å². The van der Waals surface area contributed by atoms with Gasteiger partial charge in [0, 0.05) is 18.8 Å². The minimum atomic E-state index is 0.701. The van der Waals surface area contributed by atoms with Crippen molar-refractivity contribution in [2.45, 2.75) is 6.42 Å². The monoisotopic (exact) mass is 132 g/mol. The highest BCUT2D eigenvalue weighted by Crippen LogP contribution is 2.11. The summed E-state index contributed by atoms with van der Waals surface area (Å²) in [5.41, 5.74) is 1.72. The van der Waals surface area contributed by atoms with E-state index in [2.05, 4.69) is 0 Å². The molecule has 1 N–H and O–H groups in total. The van der Waals surface area contributed by atoms with Crippen LogP contribution in [0.2, 0.25) is 0 Å². The van der Waals surface area contributed by atoms with Gasteiger partial charge in [-0.15, -0.1) is 0 Å². The van der Waals surface area contributed by atoms with E-state index in [9.17, 15) is 0 Å². The van der Waals surface area contributed by atoms with E-state index in [1.165, 1.54) is 0 Å². The lowest BCUT2D eigenvalue weighted by atomic mass is 10.1. The van der Waals surface area contributed by atoms with Gasteiger partial charge in [-0.25, -0.2) is 0 Å². The second-order valence-electron chi connectivity index (χ2n) is 2.37. The molecule has 1 aliphatic heterocycles. The van der Waals surface area contributed by atoms with Crippen LogP contribution >= 0.6 is 0 Å². The molecule has 0 radical (unpaired) electrons. The van der Waals surface area contributed by atoms with Crippen molar-refractivity contribution in [1.29, 1.82) is 5.41 Å². The molecule has 1 aromatic heterocycles. The lowest BCUT2D eigenvalue weighted by Crippen LogP contribution is -2.06. The van der Waals surface area contributed by atoms with E-state index in [0.717, 1.165) is 12.1 Å². The van der Waals surface area contributed by atoms with Gasteiger partial charge in [-0.3, -0.25) is 0 Å². The maximum atomic E-state index is 7.52. The summed E-state index contributed by atoms with van der Waals surface area (Å²) in [6, 6.07) is 3.92. The predicted molar refractivity (Wildman–Crippen MR) is 41.2 cm³/mol. The zero-order valence-electron chi connectivity index (χ0n) is 5.54. The predicted octanol–water partition coefficient (Wildman–Crippen LogP) is 1.73. The Labute approximate surface area is 59.3 Å². The van der Waals surface area contributed by atoms with Crippen LogP contribution in [0.25, 0.3) is 6.20 Å². The molecule has 0 spiro atoms. The van der Waals surface area contributed by atoms with Gasteiger partial charge in [-0.2, -0.15) is 0 Å². The molecule has 10 heavy (non-hydrogen) atoms. The van der Waals surface area contributed by atoms with Gasteiger partial charge >= 0.3 is 0 Å². The fourth-order valence-corrected chi connectivity index (χ4v) is 1.17. The zero-order valence-corrected chi connectivity index (χ0v) is 5.54. The average Bonchev–Trinajstić information content (AvgIpc) is 2.36. The van der Waals surface area contributed by atoms with Crippen LogP contribution in [-0.2, 0) is 0 Å². The third-order valence-corrected chi connectivity index (χ3v) is 1.68. The van der Waals surface area contributed by atoms with Crippen LogP contribution in [0.3, 0.4) is 0 Å². The number of nitrogens with one attached hydrogen (secondary N) is 1. The molecule has 2 nitrogen and oxygen atoms in total. The number of allylic oxidation sites excluding steroid dienone is 1. The highest BCUT2D eigenvalue weighted by molar-refractivity contribution is 5.99. The fraction of sp³-hybridized carbons (Fsp3) is 0.125. The van der Waals surface area contributed by atoms with Gasteiger partial charge in [0.05, 0.1) is 11.4 Å². The van der Waals surface area contributed by atoms with Crippen LogP contribution < -0.4 is 0 Å². The van der Waals surface area contributed by atoms with Crippen molar-refractivity contribution in [2.75, 3.05) is 0 Å². The summed E-state index contributed by atoms with van der Waals surface area (Å²) in [7, 11) is 0. The summed E-state index contributed by atoms with van der Waals surface area (Å²) in [4.78, 5) is 0. The van der Waals surface area contributed by atoms with Gasteiger partial charge in [-0.05, 0) is 12.1 Å². The first-order valence-corrected chi connectivity index (χ1v) is 3.29. The van der Waals surface area contributed by atoms with E-state index in [1.54, 1.807) is 0 Å². The van der Waals surface area contributed by atoms with Crippen molar-refractivity contribution in [3.05, 3.63) is 30.1 Å². The van der Waals surface area contributed by atoms with Gasteiger partial charge in [-0.1, -0.05) is 6.08 Å². The lowest BCUT2D eigenvalue weighted by molar-refractivity contribution is 1.10. The normalized spacial score (nSPS) is 15.4. The van der Waals surface area contributed by atoms with Crippen molar-refractivity contribution in [2.24, 2.45) is 0 Å². The summed E-state index contributed by atoms with van der Waals surface area (Å²) in [6.07, 6.45) is 6.71. The first kappa shape index (κ1) is 5.47. The van der Waals surface area contributed by atoms with Crippen molar-refractivity contribution in [1.82, 2.24) is 4.57 Å². The number of fused-ring (bicyclic) bond motifs is 1.